The highest BCUT2D eigenvalue weighted by Gasteiger charge is 2.31. The number of aromatic nitrogens is 2. The molecule has 2 heterocycles. The summed E-state index contributed by atoms with van der Waals surface area (Å²) in [6.07, 6.45) is 0.478. The molecule has 0 saturated carbocycles. The van der Waals surface area contributed by atoms with Gasteiger partial charge in [0.05, 0.1) is 28.8 Å². The average Bonchev–Trinajstić information content (AvgIpc) is 2.92. The Labute approximate surface area is 130 Å². The van der Waals surface area contributed by atoms with Crippen molar-refractivity contribution >= 4 is 31.6 Å². The van der Waals surface area contributed by atoms with Gasteiger partial charge in [-0.25, -0.2) is 17.5 Å². The molecule has 0 amide bonds. The predicted octanol–water partition coefficient (Wildman–Crippen LogP) is 2.39. The molecule has 1 fully saturated rings. The molecule has 3 rings (SSSR count). The zero-order valence-corrected chi connectivity index (χ0v) is 13.4. The van der Waals surface area contributed by atoms with Gasteiger partial charge in [-0.1, -0.05) is 6.07 Å². The molecule has 112 valence electrons. The van der Waals surface area contributed by atoms with Crippen LogP contribution in [0.5, 0.6) is 0 Å². The Balaban J connectivity index is 2.03. The summed E-state index contributed by atoms with van der Waals surface area (Å²) >= 11 is 3.29. The van der Waals surface area contributed by atoms with Crippen LogP contribution in [0.2, 0.25) is 0 Å². The molecule has 0 aliphatic carbocycles. The lowest BCUT2D eigenvalue weighted by molar-refractivity contribution is 0.507. The van der Waals surface area contributed by atoms with Gasteiger partial charge in [-0.2, -0.15) is 5.10 Å². The Morgan fingerprint density at radius 1 is 1.43 bits per heavy atom. The molecule has 2 aromatic rings. The summed E-state index contributed by atoms with van der Waals surface area (Å²) < 4.78 is 39.1. The predicted molar refractivity (Wildman–Crippen MR) is 82.0 cm³/mol. The number of nitrogens with two attached hydrogens (primary N) is 1. The molecule has 1 atom stereocenters. The van der Waals surface area contributed by atoms with E-state index in [-0.39, 0.29) is 17.5 Å². The van der Waals surface area contributed by atoms with E-state index in [4.69, 9.17) is 5.73 Å². The zero-order chi connectivity index (χ0) is 15.2. The van der Waals surface area contributed by atoms with E-state index in [1.54, 1.807) is 18.2 Å². The molecule has 1 unspecified atom stereocenters. The molecular weight excluding hydrogens is 361 g/mol. The number of hydrogen-bond donors (Lipinski definition) is 1. The van der Waals surface area contributed by atoms with Crippen LogP contribution in [0.4, 0.5) is 10.2 Å². The monoisotopic (exact) mass is 373 g/mol. The van der Waals surface area contributed by atoms with E-state index >= 15 is 0 Å². The first-order chi connectivity index (χ1) is 9.87. The Hall–Kier alpha value is -1.41. The molecule has 1 aliphatic heterocycles. The number of hydrogen-bond acceptors (Lipinski definition) is 4. The van der Waals surface area contributed by atoms with E-state index in [0.29, 0.717) is 28.0 Å². The number of rotatable bonds is 2. The van der Waals surface area contributed by atoms with Crippen molar-refractivity contribution in [2.45, 2.75) is 12.5 Å². The van der Waals surface area contributed by atoms with Gasteiger partial charge in [0.25, 0.3) is 0 Å². The van der Waals surface area contributed by atoms with Crippen molar-refractivity contribution in [1.29, 1.82) is 0 Å². The molecule has 8 heteroatoms. The molecule has 2 N–H and O–H groups in total. The van der Waals surface area contributed by atoms with E-state index < -0.39 is 15.7 Å². The van der Waals surface area contributed by atoms with Crippen LogP contribution in [-0.4, -0.2) is 29.7 Å². The summed E-state index contributed by atoms with van der Waals surface area (Å²) in [5, 5.41) is 4.31. The van der Waals surface area contributed by atoms with Crippen molar-refractivity contribution in [1.82, 2.24) is 9.78 Å². The Bertz CT molecular complexity index is 783. The van der Waals surface area contributed by atoms with E-state index in [1.165, 1.54) is 10.7 Å². The van der Waals surface area contributed by atoms with E-state index in [0.717, 1.165) is 0 Å². The summed E-state index contributed by atoms with van der Waals surface area (Å²) in [6.45, 7) is 0. The summed E-state index contributed by atoms with van der Waals surface area (Å²) in [6, 6.07) is 5.93. The number of nitrogens with zero attached hydrogens (tertiary/aromatic N) is 2. The van der Waals surface area contributed by atoms with Gasteiger partial charge in [-0.15, -0.1) is 0 Å². The van der Waals surface area contributed by atoms with Gasteiger partial charge in [0, 0.05) is 10.5 Å². The molecule has 0 bridgehead atoms. The van der Waals surface area contributed by atoms with Crippen LogP contribution < -0.4 is 5.73 Å². The minimum atomic E-state index is -3.03. The Morgan fingerprint density at radius 2 is 2.19 bits per heavy atom. The van der Waals surface area contributed by atoms with Crippen molar-refractivity contribution in [2.75, 3.05) is 17.2 Å². The van der Waals surface area contributed by atoms with Crippen LogP contribution in [0.1, 0.15) is 12.5 Å². The van der Waals surface area contributed by atoms with Crippen molar-refractivity contribution < 1.29 is 12.8 Å². The van der Waals surface area contributed by atoms with Crippen LogP contribution in [0.15, 0.2) is 28.7 Å². The highest BCUT2D eigenvalue weighted by Crippen LogP contribution is 2.33. The van der Waals surface area contributed by atoms with Crippen molar-refractivity contribution in [3.63, 3.8) is 0 Å². The summed E-state index contributed by atoms with van der Waals surface area (Å²) in [5.74, 6) is 0.0854. The topological polar surface area (TPSA) is 78.0 Å². The molecular formula is C13H13BrFN3O2S. The molecule has 0 spiro atoms. The first-order valence-electron chi connectivity index (χ1n) is 6.37. The third kappa shape index (κ3) is 2.69. The van der Waals surface area contributed by atoms with E-state index in [9.17, 15) is 12.8 Å². The van der Waals surface area contributed by atoms with Gasteiger partial charge in [0.1, 0.15) is 11.6 Å². The summed E-state index contributed by atoms with van der Waals surface area (Å²) in [5.41, 5.74) is 6.63. The standard InChI is InChI=1S/C13H13BrFN3O2S/c14-9-2-1-3-10(15)13(9)11-6-12(16)18(17-11)8-4-5-21(19,20)7-8/h1-3,6,8H,4-5,7,16H2. The third-order valence-electron chi connectivity index (χ3n) is 3.54. The van der Waals surface area contributed by atoms with Crippen molar-refractivity contribution in [3.05, 3.63) is 34.6 Å². The molecule has 5 nitrogen and oxygen atoms in total. The Morgan fingerprint density at radius 3 is 2.81 bits per heavy atom. The minimum absolute atomic E-state index is 0.0246. The molecule has 1 aromatic heterocycles. The summed E-state index contributed by atoms with van der Waals surface area (Å²) in [4.78, 5) is 0. The fraction of sp³-hybridized carbons (Fsp3) is 0.308. The highest BCUT2D eigenvalue weighted by molar-refractivity contribution is 9.10. The SMILES string of the molecule is Nc1cc(-c2c(F)cccc2Br)nn1C1CCS(=O)(=O)C1. The number of anilines is 1. The zero-order valence-electron chi connectivity index (χ0n) is 11.0. The number of halogens is 2. The molecule has 1 saturated heterocycles. The van der Waals surface area contributed by atoms with Gasteiger partial charge >= 0.3 is 0 Å². The van der Waals surface area contributed by atoms with Gasteiger partial charge in [0.15, 0.2) is 9.84 Å². The van der Waals surface area contributed by atoms with E-state index in [1.807, 2.05) is 0 Å². The van der Waals surface area contributed by atoms with Crippen LogP contribution in [0.3, 0.4) is 0 Å². The largest absolute Gasteiger partial charge is 0.384 e. The van der Waals surface area contributed by atoms with Crippen LogP contribution in [0.25, 0.3) is 11.3 Å². The number of benzene rings is 1. The lowest BCUT2D eigenvalue weighted by Crippen LogP contribution is -2.14. The van der Waals surface area contributed by atoms with Crippen molar-refractivity contribution in [2.24, 2.45) is 0 Å². The lowest BCUT2D eigenvalue weighted by Gasteiger charge is -2.10. The third-order valence-corrected chi connectivity index (χ3v) is 5.95. The van der Waals surface area contributed by atoms with Crippen molar-refractivity contribution in [3.8, 4) is 11.3 Å². The fourth-order valence-electron chi connectivity index (χ4n) is 2.53. The van der Waals surface area contributed by atoms with E-state index in [2.05, 4.69) is 21.0 Å². The number of sulfone groups is 1. The smallest absolute Gasteiger partial charge is 0.152 e. The quantitative estimate of drug-likeness (QED) is 0.876. The second-order valence-electron chi connectivity index (χ2n) is 5.05. The first-order valence-corrected chi connectivity index (χ1v) is 8.98. The van der Waals surface area contributed by atoms with Gasteiger partial charge in [-0.05, 0) is 34.5 Å². The molecule has 0 radical (unpaired) electrons. The second kappa shape index (κ2) is 5.10. The van der Waals surface area contributed by atoms with Gasteiger partial charge in [0.2, 0.25) is 0 Å². The normalized spacial score (nSPS) is 20.8. The van der Waals surface area contributed by atoms with Gasteiger partial charge in [-0.3, -0.25) is 0 Å². The lowest BCUT2D eigenvalue weighted by atomic mass is 10.1. The maximum atomic E-state index is 14.0. The molecule has 1 aliphatic rings. The average molecular weight is 374 g/mol. The van der Waals surface area contributed by atoms with Crippen LogP contribution in [0, 0.1) is 5.82 Å². The molecule has 21 heavy (non-hydrogen) atoms. The summed E-state index contributed by atoms with van der Waals surface area (Å²) in [7, 11) is -3.03. The fourth-order valence-corrected chi connectivity index (χ4v) is 4.77. The second-order valence-corrected chi connectivity index (χ2v) is 8.14. The number of nitrogen functional groups attached to an aromatic ring is 1. The Kier molecular flexibility index (Phi) is 3.53. The van der Waals surface area contributed by atoms with Gasteiger partial charge < -0.3 is 5.73 Å². The maximum Gasteiger partial charge on any atom is 0.152 e. The highest BCUT2D eigenvalue weighted by atomic mass is 79.9. The molecule has 1 aromatic carbocycles. The first kappa shape index (κ1) is 14.5. The maximum absolute atomic E-state index is 14.0. The van der Waals surface area contributed by atoms with Crippen LogP contribution in [-0.2, 0) is 9.84 Å². The minimum Gasteiger partial charge on any atom is -0.384 e. The van der Waals surface area contributed by atoms with Crippen LogP contribution >= 0.6 is 15.9 Å².